The summed E-state index contributed by atoms with van der Waals surface area (Å²) in [7, 11) is 0. The summed E-state index contributed by atoms with van der Waals surface area (Å²) in [4.78, 5) is 12.7. The number of rotatable bonds is 3. The largest absolute Gasteiger partial charge is 0.464 e. The molecule has 128 valence electrons. The number of ether oxygens (including phenoxy) is 2. The molecule has 0 aliphatic carbocycles. The lowest BCUT2D eigenvalue weighted by Gasteiger charge is -2.31. The van der Waals surface area contributed by atoms with Crippen molar-refractivity contribution in [3.8, 4) is 5.75 Å². The number of hydrogen-bond acceptors (Lipinski definition) is 4. The van der Waals surface area contributed by atoms with E-state index in [1.54, 1.807) is 6.07 Å². The molecule has 1 aliphatic heterocycles. The van der Waals surface area contributed by atoms with E-state index in [4.69, 9.17) is 25.5 Å². The van der Waals surface area contributed by atoms with Gasteiger partial charge in [-0.25, -0.2) is 4.79 Å². The molecule has 1 aliphatic rings. The van der Waals surface area contributed by atoms with Crippen molar-refractivity contribution < 1.29 is 13.9 Å². The third-order valence-electron chi connectivity index (χ3n) is 4.45. The van der Waals surface area contributed by atoms with E-state index in [1.165, 1.54) is 0 Å². The Morgan fingerprint density at radius 2 is 1.92 bits per heavy atom. The zero-order valence-electron chi connectivity index (χ0n) is 13.7. The molecular weight excluding hydrogens is 340 g/mol. The Morgan fingerprint density at radius 3 is 2.68 bits per heavy atom. The molecular formula is C20H17ClO4. The fourth-order valence-corrected chi connectivity index (χ4v) is 3.46. The second-order valence-electron chi connectivity index (χ2n) is 5.97. The smallest absolute Gasteiger partial charge is 0.343 e. The monoisotopic (exact) mass is 356 g/mol. The van der Waals surface area contributed by atoms with E-state index < -0.39 is 6.29 Å². The van der Waals surface area contributed by atoms with E-state index in [-0.39, 0.29) is 11.5 Å². The van der Waals surface area contributed by atoms with Crippen LogP contribution in [-0.4, -0.2) is 12.9 Å². The van der Waals surface area contributed by atoms with Crippen LogP contribution in [0.3, 0.4) is 0 Å². The number of para-hydroxylation sites is 1. The molecule has 0 unspecified atom stereocenters. The van der Waals surface area contributed by atoms with Gasteiger partial charge in [-0.1, -0.05) is 35.9 Å². The normalized spacial score (nSPS) is 19.4. The summed E-state index contributed by atoms with van der Waals surface area (Å²) < 4.78 is 17.3. The van der Waals surface area contributed by atoms with Gasteiger partial charge in [-0.05, 0) is 36.8 Å². The van der Waals surface area contributed by atoms with Crippen LogP contribution in [0.1, 0.15) is 30.4 Å². The third-order valence-corrected chi connectivity index (χ3v) is 4.70. The topological polar surface area (TPSA) is 48.7 Å². The van der Waals surface area contributed by atoms with Crippen LogP contribution in [0.5, 0.6) is 5.75 Å². The Morgan fingerprint density at radius 1 is 1.16 bits per heavy atom. The van der Waals surface area contributed by atoms with E-state index in [2.05, 4.69) is 0 Å². The van der Waals surface area contributed by atoms with Gasteiger partial charge in [0.1, 0.15) is 11.3 Å². The quantitative estimate of drug-likeness (QED) is 0.637. The van der Waals surface area contributed by atoms with Crippen molar-refractivity contribution in [1.82, 2.24) is 0 Å². The summed E-state index contributed by atoms with van der Waals surface area (Å²) in [5.74, 6) is 0.384. The number of halogens is 1. The molecule has 2 aromatic carbocycles. The van der Waals surface area contributed by atoms with E-state index in [0.717, 1.165) is 10.9 Å². The lowest BCUT2D eigenvalue weighted by molar-refractivity contribution is -0.0889. The second kappa shape index (κ2) is 6.54. The molecule has 0 saturated carbocycles. The van der Waals surface area contributed by atoms with Crippen LogP contribution < -0.4 is 10.4 Å². The molecule has 25 heavy (non-hydrogen) atoms. The maximum Gasteiger partial charge on any atom is 0.343 e. The van der Waals surface area contributed by atoms with Crippen LogP contribution in [0.4, 0.5) is 0 Å². The molecule has 0 bridgehead atoms. The maximum absolute atomic E-state index is 12.7. The van der Waals surface area contributed by atoms with Crippen LogP contribution in [0.2, 0.25) is 5.02 Å². The summed E-state index contributed by atoms with van der Waals surface area (Å²) >= 11 is 6.01. The lowest BCUT2D eigenvalue weighted by Crippen LogP contribution is -2.32. The second-order valence-corrected chi connectivity index (χ2v) is 6.41. The minimum absolute atomic E-state index is 0.168. The zero-order valence-corrected chi connectivity index (χ0v) is 14.5. The minimum atomic E-state index is -0.414. The van der Waals surface area contributed by atoms with Crippen LogP contribution in [-0.2, 0) is 4.74 Å². The highest BCUT2D eigenvalue weighted by atomic mass is 35.5. The first-order valence-electron chi connectivity index (χ1n) is 8.27. The van der Waals surface area contributed by atoms with Gasteiger partial charge >= 0.3 is 5.63 Å². The summed E-state index contributed by atoms with van der Waals surface area (Å²) in [5.41, 5.74) is 1.67. The fourth-order valence-electron chi connectivity index (χ4n) is 3.34. The molecule has 0 spiro atoms. The molecule has 0 radical (unpaired) electrons. The van der Waals surface area contributed by atoms with Crippen LogP contribution in [0.25, 0.3) is 11.0 Å². The van der Waals surface area contributed by atoms with Crippen molar-refractivity contribution in [2.45, 2.75) is 25.6 Å². The van der Waals surface area contributed by atoms with Crippen molar-refractivity contribution in [2.75, 3.05) is 6.61 Å². The first-order valence-corrected chi connectivity index (χ1v) is 8.64. The predicted octanol–water partition coefficient (Wildman–Crippen LogP) is 4.72. The van der Waals surface area contributed by atoms with Gasteiger partial charge in [-0.2, -0.15) is 0 Å². The molecule has 3 aromatic rings. The summed E-state index contributed by atoms with van der Waals surface area (Å²) in [6.45, 7) is 2.46. The van der Waals surface area contributed by atoms with E-state index in [1.807, 2.05) is 49.4 Å². The fraction of sp³-hybridized carbons (Fsp3) is 0.250. The minimum Gasteiger partial charge on any atom is -0.464 e. The number of benzene rings is 2. The van der Waals surface area contributed by atoms with E-state index >= 15 is 0 Å². The average molecular weight is 357 g/mol. The lowest BCUT2D eigenvalue weighted by atomic mass is 9.86. The average Bonchev–Trinajstić information content (AvgIpc) is 2.62. The Bertz CT molecular complexity index is 962. The first kappa shape index (κ1) is 16.2. The van der Waals surface area contributed by atoms with Crippen molar-refractivity contribution in [1.29, 1.82) is 0 Å². The Balaban J connectivity index is 1.93. The highest BCUT2D eigenvalue weighted by Gasteiger charge is 2.34. The molecule has 0 N–H and O–H groups in total. The Kier molecular flexibility index (Phi) is 4.24. The number of fused-ring (bicyclic) bond motifs is 3. The van der Waals surface area contributed by atoms with Gasteiger partial charge < -0.3 is 13.9 Å². The highest BCUT2D eigenvalue weighted by molar-refractivity contribution is 6.30. The highest BCUT2D eigenvalue weighted by Crippen LogP contribution is 2.42. The van der Waals surface area contributed by atoms with Crippen LogP contribution in [0.15, 0.2) is 57.7 Å². The third kappa shape index (κ3) is 2.92. The first-order chi connectivity index (χ1) is 12.2. The molecule has 0 amide bonds. The molecule has 0 saturated heterocycles. The molecule has 0 fully saturated rings. The summed E-state index contributed by atoms with van der Waals surface area (Å²) in [5, 5.41) is 1.43. The SMILES string of the molecule is CCO[C@@H]1C[C@H](c2ccc(Cl)cc2)c2c(c3ccccc3oc2=O)O1. The van der Waals surface area contributed by atoms with E-state index in [0.29, 0.717) is 34.9 Å². The molecule has 2 heterocycles. The van der Waals surface area contributed by atoms with Crippen molar-refractivity contribution in [3.05, 3.63) is 75.1 Å². The zero-order chi connectivity index (χ0) is 17.4. The van der Waals surface area contributed by atoms with Crippen molar-refractivity contribution >= 4 is 22.6 Å². The van der Waals surface area contributed by atoms with Crippen molar-refractivity contribution in [2.24, 2.45) is 0 Å². The van der Waals surface area contributed by atoms with Crippen LogP contribution in [0, 0.1) is 0 Å². The van der Waals surface area contributed by atoms with Gasteiger partial charge in [0.2, 0.25) is 6.29 Å². The summed E-state index contributed by atoms with van der Waals surface area (Å²) in [6, 6.07) is 14.9. The predicted molar refractivity (Wildman–Crippen MR) is 96.4 cm³/mol. The van der Waals surface area contributed by atoms with Gasteiger partial charge in [0.15, 0.2) is 0 Å². The standard InChI is InChI=1S/C20H17ClO4/c1-2-23-17-11-15(12-7-9-13(21)10-8-12)18-19(25-17)14-5-3-4-6-16(14)24-20(18)22/h3-10,15,17H,2,11H2,1H3/t15-,17+/m1/s1. The Labute approximate surface area is 149 Å². The van der Waals surface area contributed by atoms with Gasteiger partial charge in [-0.3, -0.25) is 0 Å². The molecule has 4 rings (SSSR count). The molecule has 5 heteroatoms. The number of hydrogen-bond donors (Lipinski definition) is 0. The van der Waals surface area contributed by atoms with Gasteiger partial charge in [0, 0.05) is 24.0 Å². The Hall–Kier alpha value is -2.30. The van der Waals surface area contributed by atoms with Gasteiger partial charge in [-0.15, -0.1) is 0 Å². The van der Waals surface area contributed by atoms with Gasteiger partial charge in [0.25, 0.3) is 0 Å². The molecule has 4 nitrogen and oxygen atoms in total. The molecule has 2 atom stereocenters. The summed E-state index contributed by atoms with van der Waals surface area (Å²) in [6.07, 6.45) is 0.134. The van der Waals surface area contributed by atoms with Gasteiger partial charge in [0.05, 0.1) is 10.9 Å². The maximum atomic E-state index is 12.7. The van der Waals surface area contributed by atoms with E-state index in [9.17, 15) is 4.79 Å². The van der Waals surface area contributed by atoms with Crippen molar-refractivity contribution in [3.63, 3.8) is 0 Å². The molecule has 1 aromatic heterocycles. The van der Waals surface area contributed by atoms with Crippen LogP contribution >= 0.6 is 11.6 Å².